The van der Waals surface area contributed by atoms with Gasteiger partial charge in [0, 0.05) is 12.1 Å². The first-order valence-electron chi connectivity index (χ1n) is 12.9. The van der Waals surface area contributed by atoms with Crippen molar-refractivity contribution in [2.45, 2.75) is 72.6 Å². The molecular formula is C29H40ClN3O6. The third-order valence-corrected chi connectivity index (χ3v) is 6.23. The lowest BCUT2D eigenvalue weighted by molar-refractivity contribution is -0.141. The number of nitrogens with one attached hydrogen (secondary N) is 2. The van der Waals surface area contributed by atoms with Crippen LogP contribution in [0.15, 0.2) is 36.4 Å². The van der Waals surface area contributed by atoms with Crippen LogP contribution in [0, 0.1) is 19.8 Å². The van der Waals surface area contributed by atoms with E-state index in [4.69, 9.17) is 16.3 Å². The molecule has 0 fully saturated rings. The molecule has 0 aromatic heterocycles. The number of halogens is 1. The Kier molecular flexibility index (Phi) is 11.2. The minimum Gasteiger partial charge on any atom is -0.507 e. The average Bonchev–Trinajstić information content (AvgIpc) is 2.81. The number of nitrogens with zero attached hydrogens (tertiary/aromatic N) is 1. The number of benzene rings is 2. The van der Waals surface area contributed by atoms with Crippen LogP contribution in [0.25, 0.3) is 0 Å². The van der Waals surface area contributed by atoms with Crippen LogP contribution in [-0.4, -0.2) is 57.8 Å². The summed E-state index contributed by atoms with van der Waals surface area (Å²) in [6.45, 7) is 11.7. The molecule has 0 spiro atoms. The number of rotatable bonds is 10. The van der Waals surface area contributed by atoms with Crippen LogP contribution in [0.4, 0.5) is 10.5 Å². The van der Waals surface area contributed by atoms with Crippen LogP contribution < -0.4 is 10.6 Å². The number of carbonyl (C=O) groups excluding carboxylic acids is 3. The van der Waals surface area contributed by atoms with Crippen molar-refractivity contribution in [3.63, 3.8) is 0 Å². The molecule has 2 atom stereocenters. The molecule has 0 aliphatic rings. The molecular weight excluding hydrogens is 522 g/mol. The van der Waals surface area contributed by atoms with Crippen molar-refractivity contribution >= 4 is 35.2 Å². The van der Waals surface area contributed by atoms with E-state index >= 15 is 0 Å². The number of aryl methyl sites for hydroxylation is 2. The van der Waals surface area contributed by atoms with E-state index in [1.807, 2.05) is 13.8 Å². The highest BCUT2D eigenvalue weighted by molar-refractivity contribution is 6.34. The third-order valence-electron chi connectivity index (χ3n) is 5.91. The summed E-state index contributed by atoms with van der Waals surface area (Å²) in [5, 5.41) is 26.6. The number of ether oxygens (including phenoxy) is 1. The van der Waals surface area contributed by atoms with E-state index < -0.39 is 42.2 Å². The first kappa shape index (κ1) is 31.9. The molecule has 0 aliphatic carbocycles. The lowest BCUT2D eigenvalue weighted by Gasteiger charge is -2.35. The van der Waals surface area contributed by atoms with Crippen molar-refractivity contribution in [2.24, 2.45) is 5.92 Å². The van der Waals surface area contributed by atoms with E-state index in [0.717, 1.165) is 0 Å². The number of carbonyl (C=O) groups is 3. The number of aliphatic hydroxyl groups is 1. The van der Waals surface area contributed by atoms with Crippen LogP contribution >= 0.6 is 11.6 Å². The van der Waals surface area contributed by atoms with Gasteiger partial charge in [-0.1, -0.05) is 55.8 Å². The summed E-state index contributed by atoms with van der Waals surface area (Å²) in [4.78, 5) is 41.7. The van der Waals surface area contributed by atoms with Gasteiger partial charge in [-0.3, -0.25) is 9.59 Å². The largest absolute Gasteiger partial charge is 0.507 e. The Hall–Kier alpha value is -3.30. The van der Waals surface area contributed by atoms with Gasteiger partial charge in [-0.05, 0) is 64.2 Å². The number of anilines is 1. The van der Waals surface area contributed by atoms with Gasteiger partial charge >= 0.3 is 6.09 Å². The van der Waals surface area contributed by atoms with E-state index in [2.05, 4.69) is 10.6 Å². The zero-order valence-electron chi connectivity index (χ0n) is 23.7. The molecule has 2 aromatic carbocycles. The molecule has 0 heterocycles. The predicted octanol–water partition coefficient (Wildman–Crippen LogP) is 5.10. The van der Waals surface area contributed by atoms with Crippen molar-refractivity contribution in [3.05, 3.63) is 58.1 Å². The number of aromatic hydroxyl groups is 1. The van der Waals surface area contributed by atoms with Gasteiger partial charge in [-0.25, -0.2) is 4.79 Å². The van der Waals surface area contributed by atoms with Gasteiger partial charge in [-0.15, -0.1) is 0 Å². The molecule has 4 N–H and O–H groups in total. The van der Waals surface area contributed by atoms with E-state index in [0.29, 0.717) is 21.8 Å². The van der Waals surface area contributed by atoms with Gasteiger partial charge in [0.15, 0.2) is 0 Å². The highest BCUT2D eigenvalue weighted by atomic mass is 35.5. The maximum absolute atomic E-state index is 14.0. The van der Waals surface area contributed by atoms with Crippen molar-refractivity contribution in [1.29, 1.82) is 0 Å². The van der Waals surface area contributed by atoms with Gasteiger partial charge in [0.25, 0.3) is 5.91 Å². The van der Waals surface area contributed by atoms with Gasteiger partial charge in [0.1, 0.15) is 23.4 Å². The van der Waals surface area contributed by atoms with Crippen molar-refractivity contribution < 1.29 is 29.3 Å². The Morgan fingerprint density at radius 3 is 2.23 bits per heavy atom. The molecule has 2 rings (SSSR count). The molecule has 39 heavy (non-hydrogen) atoms. The van der Waals surface area contributed by atoms with Crippen LogP contribution in [-0.2, 0) is 14.3 Å². The molecule has 2 unspecified atom stereocenters. The maximum Gasteiger partial charge on any atom is 0.408 e. The summed E-state index contributed by atoms with van der Waals surface area (Å²) in [6, 6.07) is 7.63. The van der Waals surface area contributed by atoms with Gasteiger partial charge < -0.3 is 30.5 Å². The quantitative estimate of drug-likeness (QED) is 0.319. The molecule has 2 aromatic rings. The second-order valence-corrected chi connectivity index (χ2v) is 11.3. The fourth-order valence-corrected chi connectivity index (χ4v) is 4.42. The summed E-state index contributed by atoms with van der Waals surface area (Å²) in [5.41, 5.74) is 0.944. The summed E-state index contributed by atoms with van der Waals surface area (Å²) in [6.07, 6.45) is -0.533. The SMILES string of the molecule is Cc1cccc(C(C(=O)Nc2c(C)cccc2Cl)N(CCO)C(=O)C(CC(C)C)NC(=O)OC(C)(C)C)c1O. The maximum atomic E-state index is 14.0. The number of phenolic OH excluding ortho intramolecular Hbond substituents is 1. The lowest BCUT2D eigenvalue weighted by atomic mass is 9.97. The molecule has 3 amide bonds. The molecule has 0 aliphatic heterocycles. The van der Waals surface area contributed by atoms with Crippen molar-refractivity contribution in [1.82, 2.24) is 10.2 Å². The van der Waals surface area contributed by atoms with Gasteiger partial charge in [0.05, 0.1) is 17.3 Å². The smallest absolute Gasteiger partial charge is 0.408 e. The van der Waals surface area contributed by atoms with Crippen LogP contribution in [0.2, 0.25) is 5.02 Å². The first-order valence-corrected chi connectivity index (χ1v) is 13.3. The molecule has 214 valence electrons. The minimum absolute atomic E-state index is 0.00436. The second-order valence-electron chi connectivity index (χ2n) is 10.9. The van der Waals surface area contributed by atoms with Crippen LogP contribution in [0.5, 0.6) is 5.75 Å². The Balaban J connectivity index is 2.60. The molecule has 9 nitrogen and oxygen atoms in total. The third kappa shape index (κ3) is 8.86. The summed E-state index contributed by atoms with van der Waals surface area (Å²) < 4.78 is 5.37. The Labute approximate surface area is 235 Å². The lowest BCUT2D eigenvalue weighted by Crippen LogP contribution is -2.53. The number of para-hydroxylation sites is 2. The summed E-state index contributed by atoms with van der Waals surface area (Å²) >= 11 is 6.36. The van der Waals surface area contributed by atoms with Crippen LogP contribution in [0.1, 0.15) is 63.8 Å². The minimum atomic E-state index is -1.35. The molecule has 0 saturated carbocycles. The Morgan fingerprint density at radius 2 is 1.67 bits per heavy atom. The van der Waals surface area contributed by atoms with Gasteiger partial charge in [-0.2, -0.15) is 0 Å². The molecule has 0 radical (unpaired) electrons. The number of hydrogen-bond donors (Lipinski definition) is 4. The average molecular weight is 562 g/mol. The summed E-state index contributed by atoms with van der Waals surface area (Å²) in [5.74, 6) is -1.42. The Morgan fingerprint density at radius 1 is 1.05 bits per heavy atom. The van der Waals surface area contributed by atoms with E-state index in [1.165, 1.54) is 4.90 Å². The zero-order chi connectivity index (χ0) is 29.5. The number of amides is 3. The fourth-order valence-electron chi connectivity index (χ4n) is 4.15. The van der Waals surface area contributed by atoms with Crippen LogP contribution in [0.3, 0.4) is 0 Å². The van der Waals surface area contributed by atoms with E-state index in [1.54, 1.807) is 71.0 Å². The topological polar surface area (TPSA) is 128 Å². The van der Waals surface area contributed by atoms with Gasteiger partial charge in [0.2, 0.25) is 5.91 Å². The predicted molar refractivity (Wildman–Crippen MR) is 152 cm³/mol. The van der Waals surface area contributed by atoms with Crippen molar-refractivity contribution in [2.75, 3.05) is 18.5 Å². The number of aliphatic hydroxyl groups excluding tert-OH is 1. The normalized spacial score (nSPS) is 13.0. The molecule has 0 bridgehead atoms. The fraction of sp³-hybridized carbons (Fsp3) is 0.483. The second kappa shape index (κ2) is 13.7. The monoisotopic (exact) mass is 561 g/mol. The number of phenols is 1. The van der Waals surface area contributed by atoms with E-state index in [-0.39, 0.29) is 30.2 Å². The number of alkyl carbamates (subject to hydrolysis) is 1. The molecule has 0 saturated heterocycles. The molecule has 10 heteroatoms. The summed E-state index contributed by atoms with van der Waals surface area (Å²) in [7, 11) is 0. The zero-order valence-corrected chi connectivity index (χ0v) is 24.4. The highest BCUT2D eigenvalue weighted by Gasteiger charge is 2.38. The Bertz CT molecular complexity index is 1160. The van der Waals surface area contributed by atoms with E-state index in [9.17, 15) is 24.6 Å². The highest BCUT2D eigenvalue weighted by Crippen LogP contribution is 2.34. The van der Waals surface area contributed by atoms with Crippen molar-refractivity contribution in [3.8, 4) is 5.75 Å². The standard InChI is InChI=1S/C29H40ClN3O6/c1-17(2)16-22(31-28(38)39-29(5,6)7)27(37)33(14-15-34)24(20-12-8-11-19(4)25(20)35)26(36)32-23-18(3)10-9-13-21(23)30/h8-13,17,22,24,34-35H,14-16H2,1-7H3,(H,31,38)(H,32,36). The number of hydrogen-bond acceptors (Lipinski definition) is 6. The first-order chi connectivity index (χ1) is 18.2.